The lowest BCUT2D eigenvalue weighted by Crippen LogP contribution is -2.30. The Bertz CT molecular complexity index is 233. The van der Waals surface area contributed by atoms with Crippen LogP contribution in [0.4, 0.5) is 0 Å². The van der Waals surface area contributed by atoms with Gasteiger partial charge in [-0.2, -0.15) is 0 Å². The monoisotopic (exact) mass is 169 g/mol. The Labute approximate surface area is 70.1 Å². The fourth-order valence-electron chi connectivity index (χ4n) is 0.721. The smallest absolute Gasteiger partial charge is 0.273 e. The van der Waals surface area contributed by atoms with Crippen LogP contribution in [0.2, 0.25) is 0 Å². The summed E-state index contributed by atoms with van der Waals surface area (Å²) in [7, 11) is 1.82. The van der Waals surface area contributed by atoms with E-state index in [0.717, 1.165) is 6.54 Å². The summed E-state index contributed by atoms with van der Waals surface area (Å²) >= 11 is 0. The molecule has 0 fully saturated rings. The van der Waals surface area contributed by atoms with E-state index in [0.29, 0.717) is 12.2 Å². The second-order valence-corrected chi connectivity index (χ2v) is 2.24. The number of carbonyl (C=O) groups is 1. The van der Waals surface area contributed by atoms with Gasteiger partial charge in [-0.3, -0.25) is 4.79 Å². The number of carbonyl (C=O) groups excluding carboxylic acids is 1. The largest absolute Gasteiger partial charge is 0.364 e. The summed E-state index contributed by atoms with van der Waals surface area (Å²) in [5, 5.41) is 9.06. The van der Waals surface area contributed by atoms with Crippen molar-refractivity contribution in [3.63, 3.8) is 0 Å². The van der Waals surface area contributed by atoms with E-state index in [-0.39, 0.29) is 5.91 Å². The number of likely N-dealkylation sites (N-methyl/N-ethyl adjacent to an activating group) is 1. The highest BCUT2D eigenvalue weighted by Crippen LogP contribution is 1.92. The molecule has 5 heteroatoms. The number of hydrogen-bond acceptors (Lipinski definition) is 4. The van der Waals surface area contributed by atoms with Crippen molar-refractivity contribution in [2.24, 2.45) is 0 Å². The topological polar surface area (TPSA) is 67.2 Å². The van der Waals surface area contributed by atoms with Crippen molar-refractivity contribution < 1.29 is 9.32 Å². The first kappa shape index (κ1) is 8.73. The molecule has 0 spiro atoms. The van der Waals surface area contributed by atoms with Crippen LogP contribution in [0, 0.1) is 0 Å². The molecule has 0 aliphatic carbocycles. The first-order chi connectivity index (χ1) is 5.84. The molecule has 0 radical (unpaired) electrons. The minimum Gasteiger partial charge on any atom is -0.364 e. The number of nitrogens with one attached hydrogen (secondary N) is 2. The first-order valence-electron chi connectivity index (χ1n) is 3.68. The average molecular weight is 169 g/mol. The number of aromatic nitrogens is 1. The molecule has 1 aromatic rings. The lowest BCUT2D eigenvalue weighted by atomic mass is 10.4. The SMILES string of the molecule is CNCCNC(=O)c1ccon1. The van der Waals surface area contributed by atoms with E-state index in [1.54, 1.807) is 0 Å². The van der Waals surface area contributed by atoms with E-state index in [2.05, 4.69) is 20.3 Å². The number of amides is 1. The Balaban J connectivity index is 2.30. The number of rotatable bonds is 4. The van der Waals surface area contributed by atoms with E-state index in [1.807, 2.05) is 7.05 Å². The highest BCUT2D eigenvalue weighted by atomic mass is 16.5. The van der Waals surface area contributed by atoms with Crippen LogP contribution in [-0.4, -0.2) is 31.2 Å². The Morgan fingerprint density at radius 3 is 3.08 bits per heavy atom. The van der Waals surface area contributed by atoms with Crippen LogP contribution in [0.25, 0.3) is 0 Å². The second kappa shape index (κ2) is 4.50. The third-order valence-corrected chi connectivity index (χ3v) is 1.33. The van der Waals surface area contributed by atoms with Gasteiger partial charge < -0.3 is 15.2 Å². The molecule has 0 aromatic carbocycles. The van der Waals surface area contributed by atoms with Crippen molar-refractivity contribution >= 4 is 5.91 Å². The summed E-state index contributed by atoms with van der Waals surface area (Å²) in [5.74, 6) is -0.209. The van der Waals surface area contributed by atoms with Crippen LogP contribution in [-0.2, 0) is 0 Å². The van der Waals surface area contributed by atoms with Crippen molar-refractivity contribution in [3.05, 3.63) is 18.0 Å². The van der Waals surface area contributed by atoms with Gasteiger partial charge in [0, 0.05) is 19.2 Å². The van der Waals surface area contributed by atoms with E-state index in [9.17, 15) is 4.79 Å². The third kappa shape index (κ3) is 2.35. The predicted molar refractivity (Wildman–Crippen MR) is 42.8 cm³/mol. The van der Waals surface area contributed by atoms with Gasteiger partial charge in [-0.1, -0.05) is 5.16 Å². The van der Waals surface area contributed by atoms with Gasteiger partial charge in [0.05, 0.1) is 0 Å². The second-order valence-electron chi connectivity index (χ2n) is 2.24. The molecule has 1 heterocycles. The van der Waals surface area contributed by atoms with Gasteiger partial charge in [0.1, 0.15) is 6.26 Å². The highest BCUT2D eigenvalue weighted by Gasteiger charge is 2.06. The Morgan fingerprint density at radius 2 is 2.50 bits per heavy atom. The minimum absolute atomic E-state index is 0.209. The molecule has 0 aliphatic rings. The summed E-state index contributed by atoms with van der Waals surface area (Å²) < 4.78 is 4.52. The maximum Gasteiger partial charge on any atom is 0.273 e. The van der Waals surface area contributed by atoms with Crippen LogP contribution >= 0.6 is 0 Å². The molecule has 0 atom stereocenters. The Morgan fingerprint density at radius 1 is 1.67 bits per heavy atom. The molecule has 0 bridgehead atoms. The first-order valence-corrected chi connectivity index (χ1v) is 3.68. The zero-order valence-corrected chi connectivity index (χ0v) is 6.83. The Kier molecular flexibility index (Phi) is 3.28. The van der Waals surface area contributed by atoms with Gasteiger partial charge in [-0.25, -0.2) is 0 Å². The summed E-state index contributed by atoms with van der Waals surface area (Å²) in [5.41, 5.74) is 0.311. The van der Waals surface area contributed by atoms with E-state index in [1.165, 1.54) is 12.3 Å². The molecule has 0 unspecified atom stereocenters. The zero-order chi connectivity index (χ0) is 8.81. The lowest BCUT2D eigenvalue weighted by molar-refractivity contribution is 0.0945. The molecule has 0 aliphatic heterocycles. The van der Waals surface area contributed by atoms with E-state index >= 15 is 0 Å². The molecule has 2 N–H and O–H groups in total. The molecule has 0 saturated carbocycles. The standard InChI is InChI=1S/C7H11N3O2/c1-8-3-4-9-7(11)6-2-5-12-10-6/h2,5,8H,3-4H2,1H3,(H,9,11). The molecule has 1 aromatic heterocycles. The normalized spacial score (nSPS) is 9.75. The summed E-state index contributed by atoms with van der Waals surface area (Å²) in [6, 6.07) is 1.52. The van der Waals surface area contributed by atoms with Gasteiger partial charge in [0.25, 0.3) is 5.91 Å². The van der Waals surface area contributed by atoms with Crippen LogP contribution in [0.15, 0.2) is 16.9 Å². The van der Waals surface area contributed by atoms with Crippen molar-refractivity contribution in [3.8, 4) is 0 Å². The van der Waals surface area contributed by atoms with Gasteiger partial charge in [-0.05, 0) is 7.05 Å². The maximum absolute atomic E-state index is 11.1. The molecule has 66 valence electrons. The van der Waals surface area contributed by atoms with Crippen LogP contribution in [0.3, 0.4) is 0 Å². The zero-order valence-electron chi connectivity index (χ0n) is 6.83. The van der Waals surface area contributed by atoms with Gasteiger partial charge in [-0.15, -0.1) is 0 Å². The average Bonchev–Trinajstić information content (AvgIpc) is 2.56. The van der Waals surface area contributed by atoms with Gasteiger partial charge in [0.2, 0.25) is 0 Å². The molecule has 12 heavy (non-hydrogen) atoms. The summed E-state index contributed by atoms with van der Waals surface area (Å²) in [4.78, 5) is 11.1. The Hall–Kier alpha value is -1.36. The maximum atomic E-state index is 11.1. The van der Waals surface area contributed by atoms with Crippen LogP contribution in [0.1, 0.15) is 10.5 Å². The molecular formula is C7H11N3O2. The quantitative estimate of drug-likeness (QED) is 0.603. The predicted octanol–water partition coefficient (Wildman–Crippen LogP) is -0.376. The van der Waals surface area contributed by atoms with E-state index in [4.69, 9.17) is 0 Å². The molecule has 1 amide bonds. The van der Waals surface area contributed by atoms with Crippen molar-refractivity contribution in [1.82, 2.24) is 15.8 Å². The summed E-state index contributed by atoms with van der Waals surface area (Å²) in [6.07, 6.45) is 1.37. The molecular weight excluding hydrogens is 158 g/mol. The lowest BCUT2D eigenvalue weighted by Gasteiger charge is -2.00. The number of nitrogens with zero attached hydrogens (tertiary/aromatic N) is 1. The van der Waals surface area contributed by atoms with Crippen molar-refractivity contribution in [2.45, 2.75) is 0 Å². The van der Waals surface area contributed by atoms with Gasteiger partial charge in [0.15, 0.2) is 5.69 Å². The van der Waals surface area contributed by atoms with Gasteiger partial charge >= 0.3 is 0 Å². The van der Waals surface area contributed by atoms with E-state index < -0.39 is 0 Å². The highest BCUT2D eigenvalue weighted by molar-refractivity contribution is 5.91. The molecule has 5 nitrogen and oxygen atoms in total. The summed E-state index contributed by atoms with van der Waals surface area (Å²) in [6.45, 7) is 1.33. The third-order valence-electron chi connectivity index (χ3n) is 1.33. The van der Waals surface area contributed by atoms with Crippen LogP contribution in [0.5, 0.6) is 0 Å². The fourth-order valence-corrected chi connectivity index (χ4v) is 0.721. The van der Waals surface area contributed by atoms with Crippen molar-refractivity contribution in [1.29, 1.82) is 0 Å². The fraction of sp³-hybridized carbons (Fsp3) is 0.429. The van der Waals surface area contributed by atoms with Crippen LogP contribution < -0.4 is 10.6 Å². The van der Waals surface area contributed by atoms with Crippen molar-refractivity contribution in [2.75, 3.05) is 20.1 Å². The molecule has 1 rings (SSSR count). The number of hydrogen-bond donors (Lipinski definition) is 2. The molecule has 0 saturated heterocycles. The minimum atomic E-state index is -0.209.